The van der Waals surface area contributed by atoms with Crippen LogP contribution in [0.3, 0.4) is 0 Å². The molecule has 2 unspecified atom stereocenters. The van der Waals surface area contributed by atoms with E-state index >= 15 is 0 Å². The molecule has 3 aromatic rings. The maximum Gasteiger partial charge on any atom is 0.419 e. The van der Waals surface area contributed by atoms with Crippen LogP contribution < -0.4 is 5.73 Å². The molecule has 0 spiro atoms. The van der Waals surface area contributed by atoms with Crippen LogP contribution in [-0.4, -0.2) is 24.3 Å². The summed E-state index contributed by atoms with van der Waals surface area (Å²) in [6.07, 6.45) is 4.67. The van der Waals surface area contributed by atoms with Crippen LogP contribution in [0.1, 0.15) is 55.9 Å². The van der Waals surface area contributed by atoms with Crippen LogP contribution in [0.25, 0.3) is 11.3 Å². The van der Waals surface area contributed by atoms with E-state index < -0.39 is 17.6 Å². The van der Waals surface area contributed by atoms with E-state index in [1.807, 2.05) is 37.1 Å². The molecule has 30 heavy (non-hydrogen) atoms. The topological polar surface area (TPSA) is 74.6 Å². The number of hydrogen-bond donors (Lipinski definition) is 1. The van der Waals surface area contributed by atoms with Crippen molar-refractivity contribution in [2.45, 2.75) is 50.9 Å². The molecule has 0 amide bonds. The summed E-state index contributed by atoms with van der Waals surface area (Å²) in [6, 6.07) is 3.57. The molecule has 2 fully saturated rings. The molecule has 2 saturated carbocycles. The van der Waals surface area contributed by atoms with Gasteiger partial charge in [-0.05, 0) is 50.7 Å². The Hall–Kier alpha value is -2.84. The van der Waals surface area contributed by atoms with Crippen molar-refractivity contribution < 1.29 is 13.2 Å². The number of alkyl halides is 3. The van der Waals surface area contributed by atoms with Crippen molar-refractivity contribution in [3.8, 4) is 11.3 Å². The second-order valence-electron chi connectivity index (χ2n) is 8.64. The van der Waals surface area contributed by atoms with Crippen molar-refractivity contribution in [1.29, 1.82) is 0 Å². The number of aromatic nitrogens is 5. The maximum atomic E-state index is 13.3. The van der Waals surface area contributed by atoms with Gasteiger partial charge in [0, 0.05) is 47.8 Å². The zero-order valence-corrected chi connectivity index (χ0v) is 16.7. The minimum absolute atomic E-state index is 0.114. The van der Waals surface area contributed by atoms with Crippen LogP contribution in [-0.2, 0) is 6.18 Å². The third kappa shape index (κ3) is 3.07. The Morgan fingerprint density at radius 2 is 1.90 bits per heavy atom. The van der Waals surface area contributed by atoms with E-state index in [0.29, 0.717) is 35.1 Å². The van der Waals surface area contributed by atoms with Gasteiger partial charge in [0.2, 0.25) is 0 Å². The summed E-state index contributed by atoms with van der Waals surface area (Å²) in [5.41, 5.74) is 6.46. The van der Waals surface area contributed by atoms with Gasteiger partial charge in [-0.2, -0.15) is 18.3 Å². The molecule has 3 aromatic heterocycles. The molecule has 9 heteroatoms. The van der Waals surface area contributed by atoms with Gasteiger partial charge in [0.25, 0.3) is 0 Å². The second-order valence-corrected chi connectivity index (χ2v) is 8.64. The molecule has 2 aliphatic carbocycles. The first kappa shape index (κ1) is 19.1. The number of pyridine rings is 1. The first-order valence-corrected chi connectivity index (χ1v) is 10.1. The highest BCUT2D eigenvalue weighted by molar-refractivity contribution is 5.63. The zero-order chi connectivity index (χ0) is 21.2. The van der Waals surface area contributed by atoms with Crippen LogP contribution >= 0.6 is 0 Å². The molecule has 2 N–H and O–H groups in total. The van der Waals surface area contributed by atoms with Gasteiger partial charge in [-0.25, -0.2) is 9.97 Å². The lowest BCUT2D eigenvalue weighted by Crippen LogP contribution is -2.11. The highest BCUT2D eigenvalue weighted by Gasteiger charge is 2.58. The number of nitrogens with zero attached hydrogens (tertiary/aromatic N) is 5. The van der Waals surface area contributed by atoms with Crippen molar-refractivity contribution in [3.05, 3.63) is 48.3 Å². The van der Waals surface area contributed by atoms with Crippen LogP contribution in [0.2, 0.25) is 0 Å². The van der Waals surface area contributed by atoms with E-state index in [4.69, 9.17) is 5.73 Å². The monoisotopic (exact) mass is 416 g/mol. The van der Waals surface area contributed by atoms with E-state index in [1.165, 1.54) is 6.20 Å². The molecule has 0 radical (unpaired) electrons. The average molecular weight is 416 g/mol. The Labute approximate surface area is 171 Å². The standard InChI is InChI=1S/C21H23F3N6/c1-11(2)30-18(19-14-6-13(7-15(14)19)29-4-3-26-10-29)8-17(28-30)12-5-16(21(22,23)24)20(25)27-9-12/h3-5,8-11,13-15,19H,6-7H2,1-2H3,(H2,25,27). The predicted molar refractivity (Wildman–Crippen MR) is 105 cm³/mol. The summed E-state index contributed by atoms with van der Waals surface area (Å²) in [7, 11) is 0. The average Bonchev–Trinajstić information content (AvgIpc) is 3.20. The highest BCUT2D eigenvalue weighted by Crippen LogP contribution is 2.66. The van der Waals surface area contributed by atoms with Gasteiger partial charge >= 0.3 is 6.18 Å². The lowest BCUT2D eigenvalue weighted by Gasteiger charge is -2.17. The Morgan fingerprint density at radius 3 is 2.50 bits per heavy atom. The predicted octanol–water partition coefficient (Wildman–Crippen LogP) is 4.69. The van der Waals surface area contributed by atoms with E-state index in [-0.39, 0.29) is 6.04 Å². The third-order valence-electron chi connectivity index (χ3n) is 6.48. The summed E-state index contributed by atoms with van der Waals surface area (Å²) in [4.78, 5) is 7.90. The van der Waals surface area contributed by atoms with Crippen molar-refractivity contribution >= 4 is 5.82 Å². The van der Waals surface area contributed by atoms with Crippen molar-refractivity contribution in [1.82, 2.24) is 24.3 Å². The normalized spacial score (nSPS) is 25.7. The van der Waals surface area contributed by atoms with Gasteiger partial charge in [0.15, 0.2) is 0 Å². The van der Waals surface area contributed by atoms with Crippen molar-refractivity contribution in [2.75, 3.05) is 5.73 Å². The van der Waals surface area contributed by atoms with E-state index in [0.717, 1.165) is 24.6 Å². The summed E-state index contributed by atoms with van der Waals surface area (Å²) in [6.45, 7) is 4.07. The fraction of sp³-hybridized carbons (Fsp3) is 0.476. The van der Waals surface area contributed by atoms with Gasteiger partial charge in [0.05, 0.1) is 17.6 Å². The van der Waals surface area contributed by atoms with Gasteiger partial charge in [-0.3, -0.25) is 4.68 Å². The molecule has 5 rings (SSSR count). The van der Waals surface area contributed by atoms with Crippen LogP contribution in [0, 0.1) is 11.8 Å². The lowest BCUT2D eigenvalue weighted by atomic mass is 10.0. The number of halogens is 3. The first-order chi connectivity index (χ1) is 14.2. The first-order valence-electron chi connectivity index (χ1n) is 10.1. The van der Waals surface area contributed by atoms with E-state index in [2.05, 4.69) is 19.6 Å². The van der Waals surface area contributed by atoms with Gasteiger partial charge < -0.3 is 10.3 Å². The number of nitrogen functional groups attached to an aromatic ring is 1. The molecular weight excluding hydrogens is 393 g/mol. The molecule has 158 valence electrons. The van der Waals surface area contributed by atoms with Crippen molar-refractivity contribution in [2.24, 2.45) is 11.8 Å². The second kappa shape index (κ2) is 6.58. The number of nitrogens with two attached hydrogens (primary N) is 1. The van der Waals surface area contributed by atoms with Crippen LogP contribution in [0.4, 0.5) is 19.0 Å². The number of imidazole rings is 1. The Kier molecular flexibility index (Phi) is 4.20. The minimum Gasteiger partial charge on any atom is -0.383 e. The lowest BCUT2D eigenvalue weighted by molar-refractivity contribution is -0.137. The zero-order valence-electron chi connectivity index (χ0n) is 16.7. The molecule has 0 aromatic carbocycles. The van der Waals surface area contributed by atoms with Gasteiger partial charge in [-0.15, -0.1) is 0 Å². The fourth-order valence-electron chi connectivity index (χ4n) is 5.03. The minimum atomic E-state index is -4.55. The van der Waals surface area contributed by atoms with Gasteiger partial charge in [-0.1, -0.05) is 0 Å². The number of rotatable bonds is 4. The van der Waals surface area contributed by atoms with Crippen LogP contribution in [0.5, 0.6) is 0 Å². The molecule has 6 nitrogen and oxygen atoms in total. The summed E-state index contributed by atoms with van der Waals surface area (Å²) in [5.74, 6) is 1.04. The van der Waals surface area contributed by atoms with E-state index in [1.54, 1.807) is 6.20 Å². The fourth-order valence-corrected chi connectivity index (χ4v) is 5.03. The smallest absolute Gasteiger partial charge is 0.383 e. The quantitative estimate of drug-likeness (QED) is 0.670. The Morgan fingerprint density at radius 1 is 1.17 bits per heavy atom. The van der Waals surface area contributed by atoms with Crippen molar-refractivity contribution in [3.63, 3.8) is 0 Å². The number of fused-ring (bicyclic) bond motifs is 1. The summed E-state index contributed by atoms with van der Waals surface area (Å²) >= 11 is 0. The summed E-state index contributed by atoms with van der Waals surface area (Å²) < 4.78 is 43.9. The van der Waals surface area contributed by atoms with Crippen LogP contribution in [0.15, 0.2) is 37.1 Å². The summed E-state index contributed by atoms with van der Waals surface area (Å²) in [5, 5.41) is 4.64. The Balaban J connectivity index is 1.44. The largest absolute Gasteiger partial charge is 0.419 e. The molecule has 0 saturated heterocycles. The molecule has 0 bridgehead atoms. The number of hydrogen-bond acceptors (Lipinski definition) is 4. The number of anilines is 1. The van der Waals surface area contributed by atoms with Gasteiger partial charge in [0.1, 0.15) is 5.82 Å². The Bertz CT molecular complexity index is 1060. The third-order valence-corrected chi connectivity index (χ3v) is 6.48. The van der Waals surface area contributed by atoms with E-state index in [9.17, 15) is 13.2 Å². The molecule has 3 heterocycles. The molecule has 2 atom stereocenters. The maximum absolute atomic E-state index is 13.3. The SMILES string of the molecule is CC(C)n1nc(-c2cnc(N)c(C(F)(F)F)c2)cc1C1C2CC(n3ccnc3)CC21. The molecule has 2 aliphatic rings. The molecular formula is C21H23F3N6. The molecule has 0 aliphatic heterocycles. The highest BCUT2D eigenvalue weighted by atomic mass is 19.4.